The molecule has 182 valence electrons. The van der Waals surface area contributed by atoms with E-state index in [0.29, 0.717) is 18.9 Å². The predicted molar refractivity (Wildman–Crippen MR) is 140 cm³/mol. The van der Waals surface area contributed by atoms with Crippen LogP contribution in [0.5, 0.6) is 0 Å². The first kappa shape index (κ1) is 24.6. The van der Waals surface area contributed by atoms with Crippen LogP contribution < -0.4 is 5.32 Å². The second kappa shape index (κ2) is 10.4. The number of amides is 1. The summed E-state index contributed by atoms with van der Waals surface area (Å²) < 4.78 is 15.2. The molecule has 1 heterocycles. The second-order valence-corrected chi connectivity index (χ2v) is 10.4. The van der Waals surface area contributed by atoms with Crippen LogP contribution in [0.4, 0.5) is 4.39 Å². The van der Waals surface area contributed by atoms with Crippen molar-refractivity contribution in [1.29, 1.82) is 0 Å². The summed E-state index contributed by atoms with van der Waals surface area (Å²) in [5.41, 5.74) is 3.93. The maximum absolute atomic E-state index is 13.4. The van der Waals surface area contributed by atoms with Gasteiger partial charge < -0.3 is 5.32 Å². The number of hydrogen-bond donors (Lipinski definition) is 1. The molecule has 1 amide bonds. The standard InChI is InChI=1S/C30H34FN3O/c1-21(2)10-17-28(35)32-20-30(3,4)29(22-8-6-5-7-9-22)23-11-16-27-24(18-23)19-33-34(27)26-14-12-25(31)13-15-26/h5-9,11-16,18-19,21,29H,10,17,20H2,1-4H3,(H,32,35). The van der Waals surface area contributed by atoms with Crippen LogP contribution in [0.3, 0.4) is 0 Å². The van der Waals surface area contributed by atoms with Crippen LogP contribution in [-0.2, 0) is 4.79 Å². The Labute approximate surface area is 207 Å². The van der Waals surface area contributed by atoms with Crippen LogP contribution >= 0.6 is 0 Å². The van der Waals surface area contributed by atoms with Gasteiger partial charge in [0.15, 0.2) is 0 Å². The van der Waals surface area contributed by atoms with Gasteiger partial charge in [-0.2, -0.15) is 5.10 Å². The molecule has 0 aliphatic rings. The fourth-order valence-electron chi connectivity index (χ4n) is 4.70. The van der Waals surface area contributed by atoms with Crippen LogP contribution in [0.25, 0.3) is 16.6 Å². The summed E-state index contributed by atoms with van der Waals surface area (Å²) in [5.74, 6) is 0.424. The van der Waals surface area contributed by atoms with Crippen LogP contribution in [-0.4, -0.2) is 22.2 Å². The van der Waals surface area contributed by atoms with E-state index in [1.807, 2.05) is 16.9 Å². The largest absolute Gasteiger partial charge is 0.356 e. The van der Waals surface area contributed by atoms with Crippen molar-refractivity contribution in [1.82, 2.24) is 15.1 Å². The number of nitrogens with one attached hydrogen (secondary N) is 1. The number of carbonyl (C=O) groups excluding carboxylic acids is 1. The third-order valence-electron chi connectivity index (χ3n) is 6.60. The minimum absolute atomic E-state index is 0.0765. The van der Waals surface area contributed by atoms with Crippen LogP contribution in [0.15, 0.2) is 79.0 Å². The zero-order chi connectivity index (χ0) is 25.0. The first-order valence-corrected chi connectivity index (χ1v) is 12.3. The Bertz CT molecular complexity index is 1280. The van der Waals surface area contributed by atoms with Gasteiger partial charge in [-0.15, -0.1) is 0 Å². The molecule has 4 aromatic rings. The summed E-state index contributed by atoms with van der Waals surface area (Å²) in [4.78, 5) is 12.5. The molecular weight excluding hydrogens is 437 g/mol. The summed E-state index contributed by atoms with van der Waals surface area (Å²) in [6.45, 7) is 9.27. The van der Waals surface area contributed by atoms with Crippen molar-refractivity contribution >= 4 is 16.8 Å². The van der Waals surface area contributed by atoms with Crippen molar-refractivity contribution in [2.24, 2.45) is 11.3 Å². The lowest BCUT2D eigenvalue weighted by Gasteiger charge is -2.35. The molecule has 0 bridgehead atoms. The highest BCUT2D eigenvalue weighted by Gasteiger charge is 2.33. The summed E-state index contributed by atoms with van der Waals surface area (Å²) in [6.07, 6.45) is 3.30. The van der Waals surface area contributed by atoms with Gasteiger partial charge in [-0.05, 0) is 65.3 Å². The molecule has 0 saturated carbocycles. The maximum atomic E-state index is 13.4. The van der Waals surface area contributed by atoms with E-state index in [4.69, 9.17) is 0 Å². The van der Waals surface area contributed by atoms with Crippen LogP contribution in [0, 0.1) is 17.2 Å². The lowest BCUT2D eigenvalue weighted by atomic mass is 9.71. The molecule has 0 saturated heterocycles. The Kier molecular flexibility index (Phi) is 7.34. The Morgan fingerprint density at radius 3 is 2.40 bits per heavy atom. The van der Waals surface area contributed by atoms with Gasteiger partial charge in [-0.1, -0.05) is 64.1 Å². The van der Waals surface area contributed by atoms with E-state index in [2.05, 4.69) is 80.6 Å². The number of aromatic nitrogens is 2. The Hall–Kier alpha value is -3.47. The summed E-state index contributed by atoms with van der Waals surface area (Å²) >= 11 is 0. The lowest BCUT2D eigenvalue weighted by Crippen LogP contribution is -2.38. The minimum atomic E-state index is -0.267. The van der Waals surface area contributed by atoms with Crippen LogP contribution in [0.2, 0.25) is 0 Å². The molecule has 1 atom stereocenters. The average molecular weight is 472 g/mol. The molecule has 0 aliphatic carbocycles. The molecule has 1 aromatic heterocycles. The Balaban J connectivity index is 1.65. The minimum Gasteiger partial charge on any atom is -0.356 e. The van der Waals surface area contributed by atoms with Gasteiger partial charge in [0.1, 0.15) is 5.82 Å². The highest BCUT2D eigenvalue weighted by atomic mass is 19.1. The Morgan fingerprint density at radius 1 is 1.00 bits per heavy atom. The maximum Gasteiger partial charge on any atom is 0.220 e. The molecule has 0 aliphatic heterocycles. The highest BCUT2D eigenvalue weighted by Crippen LogP contribution is 2.41. The zero-order valence-corrected chi connectivity index (χ0v) is 21.0. The average Bonchev–Trinajstić information content (AvgIpc) is 3.26. The molecule has 5 heteroatoms. The molecule has 35 heavy (non-hydrogen) atoms. The van der Waals surface area contributed by atoms with Gasteiger partial charge in [0.25, 0.3) is 0 Å². The fraction of sp³-hybridized carbons (Fsp3) is 0.333. The van der Waals surface area contributed by atoms with E-state index in [1.54, 1.807) is 12.1 Å². The van der Waals surface area contributed by atoms with Crippen molar-refractivity contribution in [3.8, 4) is 5.69 Å². The van der Waals surface area contributed by atoms with E-state index >= 15 is 0 Å². The zero-order valence-electron chi connectivity index (χ0n) is 21.0. The van der Waals surface area contributed by atoms with Crippen molar-refractivity contribution < 1.29 is 9.18 Å². The number of fused-ring (bicyclic) bond motifs is 1. The summed E-state index contributed by atoms with van der Waals surface area (Å²) in [5, 5.41) is 8.76. The Morgan fingerprint density at radius 2 is 1.71 bits per heavy atom. The number of halogens is 1. The monoisotopic (exact) mass is 471 g/mol. The molecule has 0 spiro atoms. The molecule has 1 unspecified atom stereocenters. The van der Waals surface area contributed by atoms with Gasteiger partial charge in [0, 0.05) is 24.3 Å². The highest BCUT2D eigenvalue weighted by molar-refractivity contribution is 5.81. The fourth-order valence-corrected chi connectivity index (χ4v) is 4.70. The van der Waals surface area contributed by atoms with Crippen molar-refractivity contribution in [3.63, 3.8) is 0 Å². The van der Waals surface area contributed by atoms with Crippen LogP contribution in [0.1, 0.15) is 57.6 Å². The molecule has 1 N–H and O–H groups in total. The van der Waals surface area contributed by atoms with Crippen molar-refractivity contribution in [2.75, 3.05) is 6.54 Å². The SMILES string of the molecule is CC(C)CCC(=O)NCC(C)(C)C(c1ccccc1)c1ccc2c(cnn2-c2ccc(F)cc2)c1. The van der Waals surface area contributed by atoms with E-state index in [-0.39, 0.29) is 23.1 Å². The van der Waals surface area contributed by atoms with E-state index in [1.165, 1.54) is 23.3 Å². The third-order valence-corrected chi connectivity index (χ3v) is 6.60. The second-order valence-electron chi connectivity index (χ2n) is 10.4. The van der Waals surface area contributed by atoms with E-state index in [9.17, 15) is 9.18 Å². The van der Waals surface area contributed by atoms with Crippen molar-refractivity contribution in [3.05, 3.63) is 95.9 Å². The van der Waals surface area contributed by atoms with Gasteiger partial charge >= 0.3 is 0 Å². The van der Waals surface area contributed by atoms with E-state index in [0.717, 1.165) is 23.0 Å². The topological polar surface area (TPSA) is 46.9 Å². The molecule has 0 radical (unpaired) electrons. The summed E-state index contributed by atoms with van der Waals surface area (Å²) in [6, 6.07) is 23.2. The molecule has 0 fully saturated rings. The van der Waals surface area contributed by atoms with Crippen molar-refractivity contribution in [2.45, 2.75) is 46.5 Å². The summed E-state index contributed by atoms with van der Waals surface area (Å²) in [7, 11) is 0. The number of benzene rings is 3. The normalized spacial score (nSPS) is 12.7. The quantitative estimate of drug-likeness (QED) is 0.289. The predicted octanol–water partition coefficient (Wildman–Crippen LogP) is 6.88. The van der Waals surface area contributed by atoms with Gasteiger partial charge in [0.05, 0.1) is 17.4 Å². The first-order chi connectivity index (χ1) is 16.7. The number of rotatable bonds is 9. The number of hydrogen-bond acceptors (Lipinski definition) is 2. The molecule has 3 aromatic carbocycles. The van der Waals surface area contributed by atoms with Gasteiger partial charge in [0.2, 0.25) is 5.91 Å². The lowest BCUT2D eigenvalue weighted by molar-refractivity contribution is -0.121. The molecule has 4 nitrogen and oxygen atoms in total. The molecular formula is C30H34FN3O. The van der Waals surface area contributed by atoms with Gasteiger partial charge in [-0.3, -0.25) is 4.79 Å². The van der Waals surface area contributed by atoms with E-state index < -0.39 is 0 Å². The van der Waals surface area contributed by atoms with Gasteiger partial charge in [-0.25, -0.2) is 9.07 Å². The smallest absolute Gasteiger partial charge is 0.220 e. The third kappa shape index (κ3) is 5.79. The molecule has 4 rings (SSSR count). The first-order valence-electron chi connectivity index (χ1n) is 12.3. The number of carbonyl (C=O) groups is 1. The number of nitrogens with zero attached hydrogens (tertiary/aromatic N) is 2.